The number of carbonyl (C=O) groups excluding carboxylic acids is 1. The van der Waals surface area contributed by atoms with Gasteiger partial charge in [0, 0.05) is 12.6 Å². The van der Waals surface area contributed by atoms with Crippen molar-refractivity contribution in [1.82, 2.24) is 15.5 Å². The molecule has 2 heterocycles. The first-order chi connectivity index (χ1) is 16.7. The molecule has 1 fully saturated rings. The Balaban J connectivity index is 1.28. The number of carbonyl (C=O) groups is 1. The van der Waals surface area contributed by atoms with Crippen molar-refractivity contribution in [3.05, 3.63) is 71.8 Å². The van der Waals surface area contributed by atoms with Gasteiger partial charge in [0.2, 0.25) is 0 Å². The summed E-state index contributed by atoms with van der Waals surface area (Å²) in [6.07, 6.45) is 3.19. The van der Waals surface area contributed by atoms with Crippen molar-refractivity contribution in [2.75, 3.05) is 32.8 Å². The fourth-order valence-corrected chi connectivity index (χ4v) is 5.07. The molecule has 0 aliphatic carbocycles. The molecule has 0 spiro atoms. The number of fused-ring (bicyclic) bond motifs is 2. The third kappa shape index (κ3) is 5.28. The molecule has 2 N–H and O–H groups in total. The minimum atomic E-state index is -0.137. The number of urea groups is 1. The molecule has 0 saturated carbocycles. The van der Waals surface area contributed by atoms with Gasteiger partial charge in [-0.15, -0.1) is 0 Å². The van der Waals surface area contributed by atoms with Crippen molar-refractivity contribution in [1.29, 1.82) is 0 Å². The van der Waals surface area contributed by atoms with Crippen LogP contribution >= 0.6 is 0 Å². The molecule has 34 heavy (non-hydrogen) atoms. The van der Waals surface area contributed by atoms with E-state index in [0.29, 0.717) is 13.2 Å². The predicted molar refractivity (Wildman–Crippen MR) is 135 cm³/mol. The number of likely N-dealkylation sites (tertiary alicyclic amines) is 1. The van der Waals surface area contributed by atoms with E-state index in [1.807, 2.05) is 37.3 Å². The molecular formula is C28H33N3O3. The third-order valence-corrected chi connectivity index (χ3v) is 6.74. The number of ether oxygens (including phenoxy) is 2. The lowest BCUT2D eigenvalue weighted by Gasteiger charge is -2.26. The summed E-state index contributed by atoms with van der Waals surface area (Å²) in [5, 5.41) is 8.77. The number of amides is 2. The second-order valence-electron chi connectivity index (χ2n) is 9.29. The van der Waals surface area contributed by atoms with Crippen LogP contribution in [-0.4, -0.2) is 49.8 Å². The predicted octanol–water partition coefficient (Wildman–Crippen LogP) is 4.68. The van der Waals surface area contributed by atoms with Crippen molar-refractivity contribution in [3.63, 3.8) is 0 Å². The van der Waals surface area contributed by atoms with Crippen LogP contribution in [0.2, 0.25) is 0 Å². The van der Waals surface area contributed by atoms with Gasteiger partial charge < -0.3 is 25.0 Å². The van der Waals surface area contributed by atoms with E-state index in [2.05, 4.69) is 45.9 Å². The summed E-state index contributed by atoms with van der Waals surface area (Å²) in [4.78, 5) is 15.5. The van der Waals surface area contributed by atoms with Gasteiger partial charge in [0.1, 0.15) is 13.2 Å². The van der Waals surface area contributed by atoms with E-state index >= 15 is 0 Å². The zero-order valence-corrected chi connectivity index (χ0v) is 19.8. The maximum absolute atomic E-state index is 13.1. The Labute approximate surface area is 201 Å². The van der Waals surface area contributed by atoms with E-state index < -0.39 is 0 Å². The summed E-state index contributed by atoms with van der Waals surface area (Å²) in [5.74, 6) is 1.58. The first kappa shape index (κ1) is 22.5. The third-order valence-electron chi connectivity index (χ3n) is 6.74. The highest BCUT2D eigenvalue weighted by atomic mass is 16.6. The Morgan fingerprint density at radius 2 is 1.71 bits per heavy atom. The summed E-state index contributed by atoms with van der Waals surface area (Å²) < 4.78 is 11.4. The van der Waals surface area contributed by atoms with Crippen LogP contribution in [0, 0.1) is 0 Å². The Hall–Kier alpha value is -3.25. The van der Waals surface area contributed by atoms with E-state index in [1.165, 1.54) is 23.6 Å². The fourth-order valence-electron chi connectivity index (χ4n) is 5.07. The van der Waals surface area contributed by atoms with Crippen molar-refractivity contribution < 1.29 is 14.3 Å². The van der Waals surface area contributed by atoms with Gasteiger partial charge >= 0.3 is 6.03 Å². The number of nitrogens with zero attached hydrogens (tertiary/aromatic N) is 1. The van der Waals surface area contributed by atoms with Crippen molar-refractivity contribution in [2.24, 2.45) is 0 Å². The highest BCUT2D eigenvalue weighted by Gasteiger charge is 2.22. The molecule has 6 heteroatoms. The van der Waals surface area contributed by atoms with Gasteiger partial charge in [0.05, 0.1) is 6.04 Å². The first-order valence-electron chi connectivity index (χ1n) is 12.3. The van der Waals surface area contributed by atoms with Crippen LogP contribution in [0.15, 0.2) is 60.7 Å². The van der Waals surface area contributed by atoms with Crippen molar-refractivity contribution in [2.45, 2.75) is 38.3 Å². The summed E-state index contributed by atoms with van der Waals surface area (Å²) in [7, 11) is 0. The van der Waals surface area contributed by atoms with E-state index in [4.69, 9.17) is 9.47 Å². The van der Waals surface area contributed by atoms with Crippen LogP contribution in [0.3, 0.4) is 0 Å². The van der Waals surface area contributed by atoms with Gasteiger partial charge in [-0.2, -0.15) is 0 Å². The Bertz CT molecular complexity index is 1140. The molecule has 2 amide bonds. The topological polar surface area (TPSA) is 62.8 Å². The van der Waals surface area contributed by atoms with Gasteiger partial charge in [-0.25, -0.2) is 4.79 Å². The number of hydrogen-bond donors (Lipinski definition) is 2. The maximum Gasteiger partial charge on any atom is 0.315 e. The molecular weight excluding hydrogens is 426 g/mol. The minimum Gasteiger partial charge on any atom is -0.486 e. The van der Waals surface area contributed by atoms with E-state index in [9.17, 15) is 4.79 Å². The summed E-state index contributed by atoms with van der Waals surface area (Å²) in [6, 6.07) is 20.4. The lowest BCUT2D eigenvalue weighted by atomic mass is 10.00. The van der Waals surface area contributed by atoms with E-state index in [-0.39, 0.29) is 18.1 Å². The molecule has 5 rings (SSSR count). The molecule has 2 aliphatic rings. The molecule has 2 atom stereocenters. The van der Waals surface area contributed by atoms with Crippen LogP contribution in [0.4, 0.5) is 4.79 Å². The fraction of sp³-hybridized carbons (Fsp3) is 0.393. The zero-order valence-electron chi connectivity index (χ0n) is 19.8. The molecule has 0 bridgehead atoms. The zero-order chi connectivity index (χ0) is 23.3. The van der Waals surface area contributed by atoms with E-state index in [0.717, 1.165) is 48.7 Å². The Morgan fingerprint density at radius 3 is 2.56 bits per heavy atom. The van der Waals surface area contributed by atoms with Crippen LogP contribution in [-0.2, 0) is 6.42 Å². The summed E-state index contributed by atoms with van der Waals surface area (Å²) in [6.45, 7) is 6.21. The molecule has 6 nitrogen and oxygen atoms in total. The number of hydrogen-bond acceptors (Lipinski definition) is 4. The number of rotatable bonds is 7. The molecule has 3 aromatic rings. The van der Waals surface area contributed by atoms with Gasteiger partial charge in [0.15, 0.2) is 11.5 Å². The summed E-state index contributed by atoms with van der Waals surface area (Å²) >= 11 is 0. The summed E-state index contributed by atoms with van der Waals surface area (Å²) in [5.41, 5.74) is 2.26. The maximum atomic E-state index is 13.1. The second kappa shape index (κ2) is 10.3. The smallest absolute Gasteiger partial charge is 0.315 e. The highest BCUT2D eigenvalue weighted by Crippen LogP contribution is 2.31. The van der Waals surface area contributed by atoms with Crippen LogP contribution < -0.4 is 20.1 Å². The molecule has 0 aromatic heterocycles. The SMILES string of the molecule is CC(NC(=O)NC(Cc1ccc2c(c1)OCCO2)CN1CCCC1)c1cccc2ccccc12. The molecule has 2 unspecified atom stereocenters. The lowest BCUT2D eigenvalue weighted by Crippen LogP contribution is -2.48. The van der Waals surface area contributed by atoms with E-state index in [1.54, 1.807) is 0 Å². The molecule has 2 aliphatic heterocycles. The van der Waals surface area contributed by atoms with Crippen LogP contribution in [0.25, 0.3) is 10.8 Å². The quantitative estimate of drug-likeness (QED) is 0.539. The monoisotopic (exact) mass is 459 g/mol. The lowest BCUT2D eigenvalue weighted by molar-refractivity contribution is 0.171. The standard InChI is InChI=1S/C28H33N3O3/c1-20(24-10-6-8-22-7-2-3-9-25(22)24)29-28(32)30-23(19-31-13-4-5-14-31)17-21-11-12-26-27(18-21)34-16-15-33-26/h2-3,6-12,18,20,23H,4-5,13-17,19H2,1H3,(H2,29,30,32). The van der Waals surface area contributed by atoms with Crippen molar-refractivity contribution >= 4 is 16.8 Å². The first-order valence-corrected chi connectivity index (χ1v) is 12.3. The molecule has 3 aromatic carbocycles. The number of nitrogens with one attached hydrogen (secondary N) is 2. The largest absolute Gasteiger partial charge is 0.486 e. The normalized spacial score (nSPS) is 17.3. The van der Waals surface area contributed by atoms with Gasteiger partial charge in [-0.3, -0.25) is 0 Å². The van der Waals surface area contributed by atoms with Gasteiger partial charge in [-0.05, 0) is 73.3 Å². The average Bonchev–Trinajstić information content (AvgIpc) is 3.36. The molecule has 0 radical (unpaired) electrons. The van der Waals surface area contributed by atoms with Crippen LogP contribution in [0.5, 0.6) is 11.5 Å². The Kier molecular flexibility index (Phi) is 6.86. The Morgan fingerprint density at radius 1 is 0.941 bits per heavy atom. The second-order valence-corrected chi connectivity index (χ2v) is 9.29. The number of benzene rings is 3. The average molecular weight is 460 g/mol. The highest BCUT2D eigenvalue weighted by molar-refractivity contribution is 5.86. The minimum absolute atomic E-state index is 0.000349. The van der Waals surface area contributed by atoms with Gasteiger partial charge in [-0.1, -0.05) is 48.5 Å². The molecule has 178 valence electrons. The molecule has 1 saturated heterocycles. The van der Waals surface area contributed by atoms with Gasteiger partial charge in [0.25, 0.3) is 0 Å². The van der Waals surface area contributed by atoms with Crippen LogP contribution in [0.1, 0.15) is 36.9 Å². The van der Waals surface area contributed by atoms with Crippen molar-refractivity contribution in [3.8, 4) is 11.5 Å².